The highest BCUT2D eigenvalue weighted by Crippen LogP contribution is 2.12. The van der Waals surface area contributed by atoms with Crippen molar-refractivity contribution in [3.8, 4) is 0 Å². The molecule has 1 atom stereocenters. The first kappa shape index (κ1) is 12.1. The highest BCUT2D eigenvalue weighted by molar-refractivity contribution is 6.30. The minimum atomic E-state index is -0.419. The summed E-state index contributed by atoms with van der Waals surface area (Å²) < 4.78 is 1.92. The fourth-order valence-corrected chi connectivity index (χ4v) is 1.89. The molecule has 0 fully saturated rings. The molecule has 2 aromatic rings. The maximum atomic E-state index is 9.98. The zero-order chi connectivity index (χ0) is 12.3. The second kappa shape index (κ2) is 5.34. The molecular weight excluding hydrogens is 236 g/mol. The van der Waals surface area contributed by atoms with Crippen molar-refractivity contribution >= 4 is 11.6 Å². The molecule has 1 N–H and O–H groups in total. The Labute approximate surface area is 106 Å². The normalized spacial score (nSPS) is 12.6. The van der Waals surface area contributed by atoms with Crippen molar-refractivity contribution in [2.24, 2.45) is 7.05 Å². The van der Waals surface area contributed by atoms with Crippen molar-refractivity contribution in [1.82, 2.24) is 9.55 Å². The van der Waals surface area contributed by atoms with Crippen LogP contribution in [0.1, 0.15) is 11.4 Å². The quantitative estimate of drug-likeness (QED) is 0.904. The maximum Gasteiger partial charge on any atom is 0.110 e. The molecule has 0 spiro atoms. The van der Waals surface area contributed by atoms with Gasteiger partial charge in [-0.25, -0.2) is 4.98 Å². The number of benzene rings is 1. The van der Waals surface area contributed by atoms with Gasteiger partial charge in [-0.05, 0) is 24.1 Å². The zero-order valence-electron chi connectivity index (χ0n) is 9.68. The van der Waals surface area contributed by atoms with Crippen LogP contribution in [0, 0.1) is 0 Å². The maximum absolute atomic E-state index is 9.98. The van der Waals surface area contributed by atoms with Gasteiger partial charge in [0.25, 0.3) is 0 Å². The molecule has 1 aromatic heterocycles. The molecule has 0 amide bonds. The van der Waals surface area contributed by atoms with Crippen LogP contribution in [-0.4, -0.2) is 20.8 Å². The molecule has 0 radical (unpaired) electrons. The Morgan fingerprint density at radius 1 is 1.29 bits per heavy atom. The summed E-state index contributed by atoms with van der Waals surface area (Å²) in [4.78, 5) is 4.19. The first-order valence-corrected chi connectivity index (χ1v) is 5.91. The van der Waals surface area contributed by atoms with E-state index in [9.17, 15) is 5.11 Å². The molecule has 0 saturated carbocycles. The molecule has 0 bridgehead atoms. The van der Waals surface area contributed by atoms with E-state index in [0.29, 0.717) is 17.9 Å². The summed E-state index contributed by atoms with van der Waals surface area (Å²) in [6.07, 6.45) is 4.38. The van der Waals surface area contributed by atoms with Crippen molar-refractivity contribution in [2.75, 3.05) is 0 Å². The largest absolute Gasteiger partial charge is 0.392 e. The predicted molar refractivity (Wildman–Crippen MR) is 68.1 cm³/mol. The number of nitrogens with zero attached hydrogens (tertiary/aromatic N) is 2. The smallest absolute Gasteiger partial charge is 0.110 e. The number of aryl methyl sites for hydroxylation is 1. The molecule has 0 aliphatic rings. The lowest BCUT2D eigenvalue weighted by atomic mass is 10.1. The third kappa shape index (κ3) is 3.32. The lowest BCUT2D eigenvalue weighted by Crippen LogP contribution is -2.16. The van der Waals surface area contributed by atoms with Crippen molar-refractivity contribution in [3.63, 3.8) is 0 Å². The zero-order valence-corrected chi connectivity index (χ0v) is 10.4. The fourth-order valence-electron chi connectivity index (χ4n) is 1.77. The van der Waals surface area contributed by atoms with Crippen LogP contribution in [0.25, 0.3) is 0 Å². The molecule has 1 unspecified atom stereocenters. The minimum Gasteiger partial charge on any atom is -0.392 e. The molecular formula is C13H15ClN2O. The van der Waals surface area contributed by atoms with Gasteiger partial charge in [0.15, 0.2) is 0 Å². The number of halogens is 1. The molecule has 0 saturated heterocycles. The molecule has 1 aromatic carbocycles. The van der Waals surface area contributed by atoms with Crippen LogP contribution in [0.3, 0.4) is 0 Å². The number of hydrogen-bond acceptors (Lipinski definition) is 2. The summed E-state index contributed by atoms with van der Waals surface area (Å²) in [5.41, 5.74) is 1.08. The SMILES string of the molecule is Cn1ccnc1CC(O)Cc1ccc(Cl)cc1. The van der Waals surface area contributed by atoms with E-state index in [-0.39, 0.29) is 0 Å². The number of aliphatic hydroxyl groups excluding tert-OH is 1. The molecule has 4 heteroatoms. The van der Waals surface area contributed by atoms with Crippen LogP contribution < -0.4 is 0 Å². The van der Waals surface area contributed by atoms with E-state index < -0.39 is 6.10 Å². The number of hydrogen-bond donors (Lipinski definition) is 1. The molecule has 0 aliphatic heterocycles. The van der Waals surface area contributed by atoms with Crippen LogP contribution in [0.15, 0.2) is 36.7 Å². The van der Waals surface area contributed by atoms with E-state index >= 15 is 0 Å². The van der Waals surface area contributed by atoms with Crippen molar-refractivity contribution in [2.45, 2.75) is 18.9 Å². The molecule has 90 valence electrons. The van der Waals surface area contributed by atoms with Gasteiger partial charge in [0.2, 0.25) is 0 Å². The van der Waals surface area contributed by atoms with Crippen LogP contribution >= 0.6 is 11.6 Å². The van der Waals surface area contributed by atoms with Gasteiger partial charge < -0.3 is 9.67 Å². The minimum absolute atomic E-state index is 0.419. The summed E-state index contributed by atoms with van der Waals surface area (Å²) in [5, 5.41) is 10.7. The first-order valence-electron chi connectivity index (χ1n) is 5.54. The molecule has 1 heterocycles. The van der Waals surface area contributed by atoms with E-state index in [1.165, 1.54) is 0 Å². The lowest BCUT2D eigenvalue weighted by molar-refractivity contribution is 0.172. The highest BCUT2D eigenvalue weighted by Gasteiger charge is 2.09. The van der Waals surface area contributed by atoms with E-state index in [1.807, 2.05) is 42.1 Å². The summed E-state index contributed by atoms with van der Waals surface area (Å²) in [7, 11) is 1.93. The van der Waals surface area contributed by atoms with Gasteiger partial charge in [-0.2, -0.15) is 0 Å². The van der Waals surface area contributed by atoms with Gasteiger partial charge >= 0.3 is 0 Å². The third-order valence-electron chi connectivity index (χ3n) is 2.72. The average Bonchev–Trinajstić information content (AvgIpc) is 2.68. The van der Waals surface area contributed by atoms with E-state index in [4.69, 9.17) is 11.6 Å². The first-order chi connectivity index (χ1) is 8.15. The second-order valence-electron chi connectivity index (χ2n) is 4.14. The summed E-state index contributed by atoms with van der Waals surface area (Å²) in [5.74, 6) is 0.895. The lowest BCUT2D eigenvalue weighted by Gasteiger charge is -2.10. The fraction of sp³-hybridized carbons (Fsp3) is 0.308. The van der Waals surface area contributed by atoms with Gasteiger partial charge in [-0.15, -0.1) is 0 Å². The summed E-state index contributed by atoms with van der Waals surface area (Å²) >= 11 is 5.81. The van der Waals surface area contributed by atoms with Crippen LogP contribution in [-0.2, 0) is 19.9 Å². The second-order valence-corrected chi connectivity index (χ2v) is 4.58. The Kier molecular flexibility index (Phi) is 3.82. The van der Waals surface area contributed by atoms with Crippen LogP contribution in [0.2, 0.25) is 5.02 Å². The van der Waals surface area contributed by atoms with E-state index in [1.54, 1.807) is 6.20 Å². The number of aromatic nitrogens is 2. The van der Waals surface area contributed by atoms with Gasteiger partial charge in [0.05, 0.1) is 6.10 Å². The summed E-state index contributed by atoms with van der Waals surface area (Å²) in [6.45, 7) is 0. The Bertz CT molecular complexity index is 478. The highest BCUT2D eigenvalue weighted by atomic mass is 35.5. The monoisotopic (exact) mass is 250 g/mol. The van der Waals surface area contributed by atoms with Gasteiger partial charge in [-0.1, -0.05) is 23.7 Å². The van der Waals surface area contributed by atoms with E-state index in [2.05, 4.69) is 4.98 Å². The van der Waals surface area contributed by atoms with Crippen molar-refractivity contribution < 1.29 is 5.11 Å². The third-order valence-corrected chi connectivity index (χ3v) is 2.98. The predicted octanol–water partition coefficient (Wildman–Crippen LogP) is 2.22. The standard InChI is InChI=1S/C13H15ClN2O/c1-16-7-6-15-13(16)9-12(17)8-10-2-4-11(14)5-3-10/h2-7,12,17H,8-9H2,1H3. The Balaban J connectivity index is 1.95. The Morgan fingerprint density at radius 2 is 2.00 bits per heavy atom. The number of imidazole rings is 1. The molecule has 17 heavy (non-hydrogen) atoms. The van der Waals surface area contributed by atoms with Gasteiger partial charge in [-0.3, -0.25) is 0 Å². The number of aliphatic hydroxyl groups is 1. The molecule has 0 aliphatic carbocycles. The van der Waals surface area contributed by atoms with Gasteiger partial charge in [0, 0.05) is 30.9 Å². The summed E-state index contributed by atoms with van der Waals surface area (Å²) in [6, 6.07) is 7.54. The molecule has 2 rings (SSSR count). The van der Waals surface area contributed by atoms with Crippen molar-refractivity contribution in [1.29, 1.82) is 0 Å². The van der Waals surface area contributed by atoms with Crippen molar-refractivity contribution in [3.05, 3.63) is 53.1 Å². The Hall–Kier alpha value is -1.32. The Morgan fingerprint density at radius 3 is 2.59 bits per heavy atom. The van der Waals surface area contributed by atoms with Crippen LogP contribution in [0.5, 0.6) is 0 Å². The number of rotatable bonds is 4. The molecule has 3 nitrogen and oxygen atoms in total. The van der Waals surface area contributed by atoms with E-state index in [0.717, 1.165) is 11.4 Å². The average molecular weight is 251 g/mol. The topological polar surface area (TPSA) is 38.0 Å². The van der Waals surface area contributed by atoms with Crippen LogP contribution in [0.4, 0.5) is 0 Å². The van der Waals surface area contributed by atoms with Gasteiger partial charge in [0.1, 0.15) is 5.82 Å².